The number of phenols is 1. The Balaban J connectivity index is 2.20. The number of aryl methyl sites for hydroxylation is 1. The molecule has 0 fully saturated rings. The molecule has 0 bridgehead atoms. The lowest BCUT2D eigenvalue weighted by atomic mass is 10.2. The summed E-state index contributed by atoms with van der Waals surface area (Å²) < 4.78 is 24.2. The third kappa shape index (κ3) is 3.92. The van der Waals surface area contributed by atoms with Crippen LogP contribution in [0.5, 0.6) is 5.75 Å². The van der Waals surface area contributed by atoms with Crippen LogP contribution >= 0.6 is 0 Å². The largest absolute Gasteiger partial charge is 0.502 e. The maximum atomic E-state index is 12.1. The second-order valence-electron chi connectivity index (χ2n) is 4.84. The summed E-state index contributed by atoms with van der Waals surface area (Å²) in [6, 6.07) is 10.3. The van der Waals surface area contributed by atoms with Gasteiger partial charge in [-0.3, -0.25) is 15.1 Å². The van der Waals surface area contributed by atoms with Crippen LogP contribution in [-0.2, 0) is 9.84 Å². The highest BCUT2D eigenvalue weighted by atomic mass is 32.2. The van der Waals surface area contributed by atoms with Crippen molar-refractivity contribution in [2.24, 2.45) is 4.99 Å². The molecular formula is C15H14N2O5S. The number of phenolic OH excluding ortho intramolecular Hbond substituents is 1. The molecule has 0 spiro atoms. The Morgan fingerprint density at radius 3 is 2.48 bits per heavy atom. The van der Waals surface area contributed by atoms with Crippen molar-refractivity contribution in [3.8, 4) is 5.75 Å². The van der Waals surface area contributed by atoms with Crippen molar-refractivity contribution in [2.75, 3.05) is 5.88 Å². The summed E-state index contributed by atoms with van der Waals surface area (Å²) in [7, 11) is -3.60. The van der Waals surface area contributed by atoms with Crippen LogP contribution in [0.15, 0.2) is 52.4 Å². The van der Waals surface area contributed by atoms with Crippen LogP contribution in [0.1, 0.15) is 11.1 Å². The minimum atomic E-state index is -3.60. The lowest BCUT2D eigenvalue weighted by Crippen LogP contribution is -2.05. The van der Waals surface area contributed by atoms with Gasteiger partial charge in [-0.05, 0) is 25.1 Å². The van der Waals surface area contributed by atoms with Crippen LogP contribution in [0.4, 0.5) is 5.69 Å². The van der Waals surface area contributed by atoms with Gasteiger partial charge in [0.25, 0.3) is 0 Å². The lowest BCUT2D eigenvalue weighted by molar-refractivity contribution is -0.385. The van der Waals surface area contributed by atoms with Gasteiger partial charge in [-0.15, -0.1) is 0 Å². The van der Waals surface area contributed by atoms with E-state index in [4.69, 9.17) is 0 Å². The monoisotopic (exact) mass is 334 g/mol. The van der Waals surface area contributed by atoms with Crippen molar-refractivity contribution >= 4 is 21.7 Å². The summed E-state index contributed by atoms with van der Waals surface area (Å²) in [5.41, 5.74) is 0.558. The average molecular weight is 334 g/mol. The quantitative estimate of drug-likeness (QED) is 0.513. The summed E-state index contributed by atoms with van der Waals surface area (Å²) >= 11 is 0. The van der Waals surface area contributed by atoms with Gasteiger partial charge in [0.1, 0.15) is 5.88 Å². The SMILES string of the molecule is Cc1ccc(S(=O)(=O)CN=Cc2cccc([N+](=O)[O-])c2O)cc1. The molecule has 0 aromatic heterocycles. The van der Waals surface area contributed by atoms with E-state index in [1.54, 1.807) is 12.1 Å². The molecule has 0 aliphatic rings. The number of hydrogen-bond donors (Lipinski definition) is 1. The molecule has 0 radical (unpaired) electrons. The molecule has 0 unspecified atom stereocenters. The van der Waals surface area contributed by atoms with E-state index >= 15 is 0 Å². The van der Waals surface area contributed by atoms with Crippen molar-refractivity contribution in [1.82, 2.24) is 0 Å². The molecule has 0 saturated carbocycles. The van der Waals surface area contributed by atoms with E-state index in [0.29, 0.717) is 0 Å². The number of aromatic hydroxyl groups is 1. The summed E-state index contributed by atoms with van der Waals surface area (Å²) in [5.74, 6) is -1.06. The van der Waals surface area contributed by atoms with Crippen molar-refractivity contribution in [3.05, 3.63) is 63.7 Å². The summed E-state index contributed by atoms with van der Waals surface area (Å²) in [6.45, 7) is 1.85. The molecular weight excluding hydrogens is 320 g/mol. The van der Waals surface area contributed by atoms with Crippen LogP contribution in [0.25, 0.3) is 0 Å². The molecule has 120 valence electrons. The molecule has 2 aromatic rings. The first kappa shape index (κ1) is 16.6. The highest BCUT2D eigenvalue weighted by Gasteiger charge is 2.16. The molecule has 0 atom stereocenters. The molecule has 0 amide bonds. The van der Waals surface area contributed by atoms with Crippen molar-refractivity contribution in [2.45, 2.75) is 11.8 Å². The van der Waals surface area contributed by atoms with Gasteiger partial charge >= 0.3 is 5.69 Å². The van der Waals surface area contributed by atoms with E-state index in [-0.39, 0.29) is 10.5 Å². The third-order valence-electron chi connectivity index (χ3n) is 3.10. The summed E-state index contributed by atoms with van der Waals surface area (Å²) in [6.07, 6.45) is 1.11. The first-order chi connectivity index (χ1) is 10.8. The molecule has 0 saturated heterocycles. The maximum Gasteiger partial charge on any atom is 0.311 e. The third-order valence-corrected chi connectivity index (χ3v) is 4.58. The number of aliphatic imine (C=N–C) groups is 1. The van der Waals surface area contributed by atoms with Crippen molar-refractivity contribution in [3.63, 3.8) is 0 Å². The Morgan fingerprint density at radius 2 is 1.87 bits per heavy atom. The summed E-state index contributed by atoms with van der Waals surface area (Å²) in [5, 5.41) is 20.5. The first-order valence-corrected chi connectivity index (χ1v) is 8.22. The number of sulfone groups is 1. The number of nitro groups is 1. The van der Waals surface area contributed by atoms with Crippen LogP contribution in [-0.4, -0.2) is 30.5 Å². The van der Waals surface area contributed by atoms with E-state index in [9.17, 15) is 23.6 Å². The Bertz CT molecular complexity index is 858. The predicted molar refractivity (Wildman–Crippen MR) is 85.6 cm³/mol. The van der Waals surface area contributed by atoms with Crippen LogP contribution in [0.2, 0.25) is 0 Å². The normalized spacial score (nSPS) is 11.7. The topological polar surface area (TPSA) is 110 Å². The number of rotatable bonds is 5. The maximum absolute atomic E-state index is 12.1. The predicted octanol–water partition coefficient (Wildman–Crippen LogP) is 2.46. The van der Waals surface area contributed by atoms with E-state index in [0.717, 1.165) is 17.8 Å². The minimum absolute atomic E-state index is 0.0818. The molecule has 0 heterocycles. The second-order valence-corrected chi connectivity index (χ2v) is 6.80. The fraction of sp³-hybridized carbons (Fsp3) is 0.133. The van der Waals surface area contributed by atoms with Gasteiger partial charge in [0.15, 0.2) is 9.84 Å². The molecule has 2 rings (SSSR count). The van der Waals surface area contributed by atoms with Gasteiger partial charge in [0, 0.05) is 17.8 Å². The van der Waals surface area contributed by atoms with Gasteiger partial charge in [0.2, 0.25) is 5.75 Å². The molecule has 0 aliphatic carbocycles. The highest BCUT2D eigenvalue weighted by Crippen LogP contribution is 2.28. The number of nitro benzene ring substituents is 1. The lowest BCUT2D eigenvalue weighted by Gasteiger charge is -2.02. The molecule has 0 aliphatic heterocycles. The van der Waals surface area contributed by atoms with Crippen LogP contribution in [0, 0.1) is 17.0 Å². The van der Waals surface area contributed by atoms with Crippen LogP contribution in [0.3, 0.4) is 0 Å². The Kier molecular flexibility index (Phi) is 4.75. The van der Waals surface area contributed by atoms with E-state index in [1.165, 1.54) is 24.3 Å². The van der Waals surface area contributed by atoms with Gasteiger partial charge in [-0.1, -0.05) is 23.8 Å². The highest BCUT2D eigenvalue weighted by molar-refractivity contribution is 7.91. The van der Waals surface area contributed by atoms with Gasteiger partial charge in [0.05, 0.1) is 9.82 Å². The Labute approximate surface area is 133 Å². The van der Waals surface area contributed by atoms with Gasteiger partial charge in [-0.25, -0.2) is 8.42 Å². The van der Waals surface area contributed by atoms with E-state index in [2.05, 4.69) is 4.99 Å². The minimum Gasteiger partial charge on any atom is -0.502 e. The average Bonchev–Trinajstić information content (AvgIpc) is 2.49. The summed E-state index contributed by atoms with van der Waals surface area (Å²) in [4.78, 5) is 13.9. The standard InChI is InChI=1S/C15H14N2O5S/c1-11-5-7-13(8-6-11)23(21,22)10-16-9-12-3-2-4-14(15(12)18)17(19)20/h2-9,18H,10H2,1H3. The zero-order valence-corrected chi connectivity index (χ0v) is 13.0. The fourth-order valence-electron chi connectivity index (χ4n) is 1.85. The molecule has 23 heavy (non-hydrogen) atoms. The molecule has 1 N–H and O–H groups in total. The van der Waals surface area contributed by atoms with Gasteiger partial charge in [-0.2, -0.15) is 0 Å². The molecule has 8 heteroatoms. The zero-order valence-electron chi connectivity index (χ0n) is 12.2. The first-order valence-electron chi connectivity index (χ1n) is 6.57. The Morgan fingerprint density at radius 1 is 1.22 bits per heavy atom. The molecule has 7 nitrogen and oxygen atoms in total. The number of nitrogens with zero attached hydrogens (tertiary/aromatic N) is 2. The van der Waals surface area contributed by atoms with Gasteiger partial charge < -0.3 is 5.11 Å². The second kappa shape index (κ2) is 6.57. The molecule has 2 aromatic carbocycles. The fourth-order valence-corrected chi connectivity index (χ4v) is 2.82. The van der Waals surface area contributed by atoms with Crippen LogP contribution < -0.4 is 0 Å². The van der Waals surface area contributed by atoms with Crippen molar-refractivity contribution in [1.29, 1.82) is 0 Å². The zero-order chi connectivity index (χ0) is 17.0. The number of benzene rings is 2. The Hall–Kier alpha value is -2.74. The van der Waals surface area contributed by atoms with Crippen molar-refractivity contribution < 1.29 is 18.4 Å². The van der Waals surface area contributed by atoms with E-state index in [1.807, 2.05) is 6.92 Å². The van der Waals surface area contributed by atoms with E-state index < -0.39 is 32.1 Å². The number of hydrogen-bond acceptors (Lipinski definition) is 6. The smallest absolute Gasteiger partial charge is 0.311 e. The number of para-hydroxylation sites is 1.